The summed E-state index contributed by atoms with van der Waals surface area (Å²) < 4.78 is 10.5. The minimum atomic E-state index is -0.157. The second-order valence-electron chi connectivity index (χ2n) is 5.46. The zero-order chi connectivity index (χ0) is 15.2. The van der Waals surface area contributed by atoms with Gasteiger partial charge >= 0.3 is 0 Å². The van der Waals surface area contributed by atoms with E-state index in [4.69, 9.17) is 9.47 Å². The molecule has 20 heavy (non-hydrogen) atoms. The molecular formula is C16H25NO3. The molecule has 0 bridgehead atoms. The highest BCUT2D eigenvalue weighted by Crippen LogP contribution is 2.25. The topological polar surface area (TPSA) is 47.6 Å². The van der Waals surface area contributed by atoms with Crippen LogP contribution in [0.4, 0.5) is 0 Å². The van der Waals surface area contributed by atoms with Crippen molar-refractivity contribution in [1.82, 2.24) is 5.32 Å². The zero-order valence-corrected chi connectivity index (χ0v) is 13.1. The monoisotopic (exact) mass is 279 g/mol. The Bertz CT molecular complexity index is 455. The third-order valence-corrected chi connectivity index (χ3v) is 3.47. The van der Waals surface area contributed by atoms with Gasteiger partial charge in [0.2, 0.25) is 5.91 Å². The Balaban J connectivity index is 2.67. The van der Waals surface area contributed by atoms with E-state index in [-0.39, 0.29) is 11.4 Å². The van der Waals surface area contributed by atoms with E-state index in [1.54, 1.807) is 14.2 Å². The summed E-state index contributed by atoms with van der Waals surface area (Å²) in [6.07, 6.45) is 1.97. The van der Waals surface area contributed by atoms with Crippen molar-refractivity contribution in [3.63, 3.8) is 0 Å². The summed E-state index contributed by atoms with van der Waals surface area (Å²) in [4.78, 5) is 12.0. The quantitative estimate of drug-likeness (QED) is 0.834. The maximum atomic E-state index is 12.0. The highest BCUT2D eigenvalue weighted by atomic mass is 16.5. The second-order valence-corrected chi connectivity index (χ2v) is 5.46. The summed E-state index contributed by atoms with van der Waals surface area (Å²) in [7, 11) is 3.26. The molecule has 1 rings (SSSR count). The van der Waals surface area contributed by atoms with E-state index in [2.05, 4.69) is 12.2 Å². The Hall–Kier alpha value is -1.71. The molecule has 1 aromatic rings. The summed E-state index contributed by atoms with van der Waals surface area (Å²) in [5, 5.41) is 3.03. The number of benzene rings is 1. The number of rotatable bonds is 7. The van der Waals surface area contributed by atoms with Crippen molar-refractivity contribution in [2.24, 2.45) is 0 Å². The summed E-state index contributed by atoms with van der Waals surface area (Å²) in [6.45, 7) is 6.11. The van der Waals surface area contributed by atoms with Gasteiger partial charge in [0.05, 0.1) is 14.2 Å². The minimum absolute atomic E-state index is 0.0572. The first-order chi connectivity index (χ1) is 9.41. The normalized spacial score (nSPS) is 11.1. The zero-order valence-electron chi connectivity index (χ0n) is 13.1. The number of carbonyl (C=O) groups excluding carboxylic acids is 1. The summed E-state index contributed by atoms with van der Waals surface area (Å²) in [5.74, 6) is 1.62. The molecular weight excluding hydrogens is 254 g/mol. The van der Waals surface area contributed by atoms with Gasteiger partial charge in [0.1, 0.15) is 11.5 Å². The Morgan fingerprint density at radius 3 is 2.50 bits per heavy atom. The van der Waals surface area contributed by atoms with E-state index in [9.17, 15) is 4.79 Å². The van der Waals surface area contributed by atoms with Crippen molar-refractivity contribution in [2.75, 3.05) is 14.2 Å². The fourth-order valence-electron chi connectivity index (χ4n) is 1.85. The number of hydrogen-bond acceptors (Lipinski definition) is 3. The molecule has 112 valence electrons. The number of amides is 1. The van der Waals surface area contributed by atoms with Crippen molar-refractivity contribution in [3.8, 4) is 11.5 Å². The third kappa shape index (κ3) is 4.76. The molecule has 0 unspecified atom stereocenters. The lowest BCUT2D eigenvalue weighted by molar-refractivity contribution is -0.122. The van der Waals surface area contributed by atoms with E-state index < -0.39 is 0 Å². The average molecular weight is 279 g/mol. The molecule has 0 radical (unpaired) electrons. The SMILES string of the molecule is CCC(C)(C)NC(=O)CCc1cc(OC)ccc1OC. The van der Waals surface area contributed by atoms with Crippen LogP contribution in [0.5, 0.6) is 11.5 Å². The van der Waals surface area contributed by atoms with Crippen LogP contribution < -0.4 is 14.8 Å². The van der Waals surface area contributed by atoms with Gasteiger partial charge in [-0.1, -0.05) is 6.92 Å². The van der Waals surface area contributed by atoms with Crippen molar-refractivity contribution < 1.29 is 14.3 Å². The summed E-state index contributed by atoms with van der Waals surface area (Å²) in [6, 6.07) is 5.63. The lowest BCUT2D eigenvalue weighted by atomic mass is 10.0. The van der Waals surface area contributed by atoms with Crippen LogP contribution in [0.3, 0.4) is 0 Å². The summed E-state index contributed by atoms with van der Waals surface area (Å²) in [5.41, 5.74) is 0.825. The number of methoxy groups -OCH3 is 2. The van der Waals surface area contributed by atoms with Gasteiger partial charge in [0, 0.05) is 12.0 Å². The van der Waals surface area contributed by atoms with E-state index in [1.807, 2.05) is 32.0 Å². The lowest BCUT2D eigenvalue weighted by Crippen LogP contribution is -2.42. The predicted octanol–water partition coefficient (Wildman–Crippen LogP) is 2.94. The molecule has 0 saturated carbocycles. The number of nitrogens with one attached hydrogen (secondary N) is 1. The molecule has 0 aliphatic rings. The Morgan fingerprint density at radius 1 is 1.25 bits per heavy atom. The van der Waals surface area contributed by atoms with Crippen molar-refractivity contribution in [3.05, 3.63) is 23.8 Å². The fourth-order valence-corrected chi connectivity index (χ4v) is 1.85. The van der Waals surface area contributed by atoms with Crippen LogP contribution in [0.1, 0.15) is 39.2 Å². The van der Waals surface area contributed by atoms with Gasteiger partial charge in [0.25, 0.3) is 0 Å². The Labute approximate surface area is 121 Å². The number of hydrogen-bond donors (Lipinski definition) is 1. The summed E-state index contributed by atoms with van der Waals surface area (Å²) >= 11 is 0. The first kappa shape index (κ1) is 16.3. The van der Waals surface area contributed by atoms with E-state index in [1.165, 1.54) is 0 Å². The molecule has 0 aliphatic heterocycles. The molecule has 1 amide bonds. The van der Waals surface area contributed by atoms with Gasteiger partial charge in [-0.2, -0.15) is 0 Å². The smallest absolute Gasteiger partial charge is 0.220 e. The highest BCUT2D eigenvalue weighted by molar-refractivity contribution is 5.77. The van der Waals surface area contributed by atoms with Crippen molar-refractivity contribution in [1.29, 1.82) is 0 Å². The van der Waals surface area contributed by atoms with Crippen LogP contribution in [-0.4, -0.2) is 25.7 Å². The first-order valence-corrected chi connectivity index (χ1v) is 6.93. The van der Waals surface area contributed by atoms with Crippen LogP contribution in [0, 0.1) is 0 Å². The van der Waals surface area contributed by atoms with Crippen LogP contribution >= 0.6 is 0 Å². The molecule has 1 aromatic carbocycles. The lowest BCUT2D eigenvalue weighted by Gasteiger charge is -2.24. The van der Waals surface area contributed by atoms with E-state index in [0.717, 1.165) is 23.5 Å². The first-order valence-electron chi connectivity index (χ1n) is 6.93. The van der Waals surface area contributed by atoms with Crippen LogP contribution in [0.25, 0.3) is 0 Å². The van der Waals surface area contributed by atoms with E-state index in [0.29, 0.717) is 12.8 Å². The van der Waals surface area contributed by atoms with E-state index >= 15 is 0 Å². The van der Waals surface area contributed by atoms with Gasteiger partial charge in [-0.15, -0.1) is 0 Å². The fraction of sp³-hybridized carbons (Fsp3) is 0.562. The minimum Gasteiger partial charge on any atom is -0.497 e. The molecule has 0 atom stereocenters. The number of aryl methyl sites for hydroxylation is 1. The van der Waals surface area contributed by atoms with Gasteiger partial charge in [-0.3, -0.25) is 4.79 Å². The second kappa shape index (κ2) is 7.17. The van der Waals surface area contributed by atoms with Crippen molar-refractivity contribution in [2.45, 2.75) is 45.6 Å². The molecule has 0 heterocycles. The molecule has 1 N–H and O–H groups in total. The van der Waals surface area contributed by atoms with Crippen LogP contribution in [0.15, 0.2) is 18.2 Å². The molecule has 0 saturated heterocycles. The standard InChI is InChI=1S/C16H25NO3/c1-6-16(2,3)17-15(18)10-7-12-11-13(19-4)8-9-14(12)20-5/h8-9,11H,6-7,10H2,1-5H3,(H,17,18). The maximum Gasteiger partial charge on any atom is 0.220 e. The average Bonchev–Trinajstić information content (AvgIpc) is 2.44. The Morgan fingerprint density at radius 2 is 1.95 bits per heavy atom. The predicted molar refractivity (Wildman–Crippen MR) is 80.4 cm³/mol. The third-order valence-electron chi connectivity index (χ3n) is 3.47. The largest absolute Gasteiger partial charge is 0.497 e. The van der Waals surface area contributed by atoms with Gasteiger partial charge in [0.15, 0.2) is 0 Å². The Kier molecular flexibility index (Phi) is 5.86. The molecule has 4 nitrogen and oxygen atoms in total. The van der Waals surface area contributed by atoms with Crippen LogP contribution in [0.2, 0.25) is 0 Å². The number of ether oxygens (including phenoxy) is 2. The molecule has 0 aliphatic carbocycles. The molecule has 0 fully saturated rings. The molecule has 0 aromatic heterocycles. The van der Waals surface area contributed by atoms with Gasteiger partial charge < -0.3 is 14.8 Å². The van der Waals surface area contributed by atoms with Crippen LogP contribution in [-0.2, 0) is 11.2 Å². The molecule has 4 heteroatoms. The van der Waals surface area contributed by atoms with Crippen molar-refractivity contribution >= 4 is 5.91 Å². The molecule has 0 spiro atoms. The van der Waals surface area contributed by atoms with Gasteiger partial charge in [-0.05, 0) is 50.5 Å². The highest BCUT2D eigenvalue weighted by Gasteiger charge is 2.18. The number of carbonyl (C=O) groups is 1. The maximum absolute atomic E-state index is 12.0. The van der Waals surface area contributed by atoms with Gasteiger partial charge in [-0.25, -0.2) is 0 Å².